The van der Waals surface area contributed by atoms with Crippen molar-refractivity contribution in [3.63, 3.8) is 0 Å². The minimum atomic E-state index is -0.0325. The fourth-order valence-corrected chi connectivity index (χ4v) is 2.04. The van der Waals surface area contributed by atoms with Crippen molar-refractivity contribution in [3.05, 3.63) is 5.89 Å². The molecule has 0 N–H and O–H groups in total. The van der Waals surface area contributed by atoms with E-state index < -0.39 is 0 Å². The van der Waals surface area contributed by atoms with Gasteiger partial charge in [-0.15, -0.1) is 0 Å². The molecule has 0 saturated heterocycles. The topological polar surface area (TPSA) is 26.0 Å². The molecule has 0 aliphatic rings. The zero-order chi connectivity index (χ0) is 11.5. The van der Waals surface area contributed by atoms with Gasteiger partial charge in [-0.2, -0.15) is 0 Å². The molecule has 1 heterocycles. The van der Waals surface area contributed by atoms with Crippen molar-refractivity contribution in [2.24, 2.45) is 0 Å². The molecule has 4 radical (unpaired) electrons. The first-order valence-electron chi connectivity index (χ1n) is 5.55. The van der Waals surface area contributed by atoms with Crippen LogP contribution >= 0.6 is 0 Å². The third-order valence-electron chi connectivity index (χ3n) is 2.80. The first kappa shape index (κ1) is 12.4. The molecule has 0 aliphatic carbocycles. The van der Waals surface area contributed by atoms with Crippen LogP contribution in [0.1, 0.15) is 52.3 Å². The van der Waals surface area contributed by atoms with Gasteiger partial charge in [0.25, 0.3) is 0 Å². The van der Waals surface area contributed by atoms with Gasteiger partial charge >= 0.3 is 0 Å². The van der Waals surface area contributed by atoms with E-state index in [2.05, 4.69) is 25.8 Å². The average Bonchev–Trinajstić information content (AvgIpc) is 2.48. The van der Waals surface area contributed by atoms with Crippen molar-refractivity contribution in [2.45, 2.75) is 51.9 Å². The summed E-state index contributed by atoms with van der Waals surface area (Å²) in [6, 6.07) is 0. The van der Waals surface area contributed by atoms with E-state index in [0.29, 0.717) is 11.5 Å². The quantitative estimate of drug-likeness (QED) is 0.667. The maximum Gasteiger partial charge on any atom is 0.198 e. The molecule has 4 heteroatoms. The number of hydrogen-bond donors (Lipinski definition) is 0. The van der Waals surface area contributed by atoms with E-state index >= 15 is 0 Å². The molecule has 0 aromatic carbocycles. The fourth-order valence-electron chi connectivity index (χ4n) is 2.04. The second kappa shape index (κ2) is 4.91. The molecule has 1 rings (SSSR count). The van der Waals surface area contributed by atoms with Crippen molar-refractivity contribution in [1.82, 2.24) is 4.98 Å². The Morgan fingerprint density at radius 1 is 1.20 bits per heavy atom. The normalized spacial score (nSPS) is 11.9. The summed E-state index contributed by atoms with van der Waals surface area (Å²) in [6.07, 6.45) is 4.28. The monoisotopic (exact) mass is 201 g/mol. The van der Waals surface area contributed by atoms with Crippen LogP contribution < -0.4 is 11.3 Å². The minimum Gasteiger partial charge on any atom is -0.458 e. The molecule has 1 aromatic rings. The van der Waals surface area contributed by atoms with Crippen LogP contribution in [-0.4, -0.2) is 20.7 Å². The second-order valence-electron chi connectivity index (χ2n) is 4.33. The van der Waals surface area contributed by atoms with Gasteiger partial charge < -0.3 is 4.42 Å². The maximum atomic E-state index is 5.60. The van der Waals surface area contributed by atoms with Crippen LogP contribution in [0, 0.1) is 0 Å². The van der Waals surface area contributed by atoms with E-state index in [4.69, 9.17) is 20.1 Å². The predicted octanol–water partition coefficient (Wildman–Crippen LogP) is 1.12. The second-order valence-corrected chi connectivity index (χ2v) is 4.33. The van der Waals surface area contributed by atoms with Gasteiger partial charge in [0, 0.05) is 11.0 Å². The number of nitrogens with zero attached hydrogens (tertiary/aromatic N) is 1. The van der Waals surface area contributed by atoms with Crippen LogP contribution in [0.5, 0.6) is 0 Å². The Hall–Kier alpha value is -0.660. The predicted molar refractivity (Wildman–Crippen MR) is 64.4 cm³/mol. The highest BCUT2D eigenvalue weighted by molar-refractivity contribution is 6.45. The van der Waals surface area contributed by atoms with E-state index in [1.54, 1.807) is 0 Å². The van der Waals surface area contributed by atoms with Crippen molar-refractivity contribution >= 4 is 26.9 Å². The lowest BCUT2D eigenvalue weighted by Crippen LogP contribution is -2.24. The summed E-state index contributed by atoms with van der Waals surface area (Å²) >= 11 is 0. The van der Waals surface area contributed by atoms with Crippen molar-refractivity contribution < 1.29 is 4.42 Å². The van der Waals surface area contributed by atoms with Crippen LogP contribution in [0.25, 0.3) is 0 Å². The molecule has 78 valence electrons. The minimum absolute atomic E-state index is 0.0325. The van der Waals surface area contributed by atoms with Gasteiger partial charge in [0.2, 0.25) is 0 Å². The molecular formula is C11H17B2NO. The molecule has 0 atom stereocenters. The Labute approximate surface area is 94.7 Å². The van der Waals surface area contributed by atoms with E-state index in [1.807, 2.05) is 0 Å². The summed E-state index contributed by atoms with van der Waals surface area (Å²) in [5, 5.41) is 0. The first-order chi connectivity index (χ1) is 7.03. The smallest absolute Gasteiger partial charge is 0.198 e. The summed E-state index contributed by atoms with van der Waals surface area (Å²) in [6.45, 7) is 6.47. The molecule has 0 unspecified atom stereocenters. The molecule has 0 amide bonds. The SMILES string of the molecule is [B]c1nc(C(C)(CCC)CCC)oc1[B]. The number of oxazole rings is 1. The molecule has 15 heavy (non-hydrogen) atoms. The molecule has 0 fully saturated rings. The van der Waals surface area contributed by atoms with Gasteiger partial charge in [-0.05, 0) is 12.8 Å². The Bertz CT molecular complexity index is 297. The third kappa shape index (κ3) is 2.67. The fraction of sp³-hybridized carbons (Fsp3) is 0.727. The van der Waals surface area contributed by atoms with Crippen molar-refractivity contribution in [1.29, 1.82) is 0 Å². The highest BCUT2D eigenvalue weighted by Crippen LogP contribution is 2.31. The Morgan fingerprint density at radius 3 is 2.07 bits per heavy atom. The summed E-state index contributed by atoms with van der Waals surface area (Å²) in [5.41, 5.74) is 0.516. The van der Waals surface area contributed by atoms with Crippen LogP contribution in [0.2, 0.25) is 0 Å². The average molecular weight is 201 g/mol. The summed E-state index contributed by atoms with van der Waals surface area (Å²) in [5.74, 6) is 0.682. The van der Waals surface area contributed by atoms with Gasteiger partial charge in [0.1, 0.15) is 7.85 Å². The molecular weight excluding hydrogens is 184 g/mol. The van der Waals surface area contributed by atoms with Gasteiger partial charge in [-0.25, -0.2) is 4.98 Å². The first-order valence-corrected chi connectivity index (χ1v) is 5.55. The molecule has 2 nitrogen and oxygen atoms in total. The van der Waals surface area contributed by atoms with Gasteiger partial charge in [-0.1, -0.05) is 33.6 Å². The number of hydrogen-bond acceptors (Lipinski definition) is 2. The standard InChI is InChI=1S/C11H17B2NO/c1-4-6-11(3,7-5-2)10-14-8(12)9(13)15-10/h4-7H2,1-3H3. The largest absolute Gasteiger partial charge is 0.458 e. The van der Waals surface area contributed by atoms with E-state index in [9.17, 15) is 0 Å². The van der Waals surface area contributed by atoms with Crippen LogP contribution in [0.4, 0.5) is 0 Å². The van der Waals surface area contributed by atoms with Gasteiger partial charge in [0.05, 0.1) is 5.66 Å². The highest BCUT2D eigenvalue weighted by atomic mass is 16.4. The van der Waals surface area contributed by atoms with E-state index in [-0.39, 0.29) is 11.1 Å². The molecule has 0 saturated carbocycles. The lowest BCUT2D eigenvalue weighted by molar-refractivity contribution is 0.307. The summed E-state index contributed by atoms with van der Waals surface area (Å²) in [4.78, 5) is 4.21. The number of aromatic nitrogens is 1. The lowest BCUT2D eigenvalue weighted by Gasteiger charge is -2.25. The van der Waals surface area contributed by atoms with Crippen LogP contribution in [0.15, 0.2) is 4.42 Å². The zero-order valence-electron chi connectivity index (χ0n) is 9.84. The Balaban J connectivity index is 2.97. The molecule has 0 spiro atoms. The Morgan fingerprint density at radius 2 is 1.73 bits per heavy atom. The molecule has 0 aliphatic heterocycles. The molecule has 1 aromatic heterocycles. The van der Waals surface area contributed by atoms with Crippen LogP contribution in [-0.2, 0) is 5.41 Å². The zero-order valence-corrected chi connectivity index (χ0v) is 9.84. The number of rotatable bonds is 5. The van der Waals surface area contributed by atoms with Crippen molar-refractivity contribution in [2.75, 3.05) is 0 Å². The summed E-state index contributed by atoms with van der Waals surface area (Å²) in [7, 11) is 11.2. The third-order valence-corrected chi connectivity index (χ3v) is 2.80. The highest BCUT2D eigenvalue weighted by Gasteiger charge is 2.30. The maximum absolute atomic E-state index is 5.60. The lowest BCUT2D eigenvalue weighted by atomic mass is 9.81. The van der Waals surface area contributed by atoms with Gasteiger partial charge in [-0.3, -0.25) is 0 Å². The van der Waals surface area contributed by atoms with E-state index in [0.717, 1.165) is 25.7 Å². The van der Waals surface area contributed by atoms with E-state index in [1.165, 1.54) is 0 Å². The van der Waals surface area contributed by atoms with Crippen molar-refractivity contribution in [3.8, 4) is 0 Å². The summed E-state index contributed by atoms with van der Waals surface area (Å²) < 4.78 is 5.43. The molecule has 0 bridgehead atoms. The Kier molecular flexibility index (Phi) is 4.06. The van der Waals surface area contributed by atoms with Gasteiger partial charge in [0.15, 0.2) is 13.7 Å². The van der Waals surface area contributed by atoms with Crippen LogP contribution in [0.3, 0.4) is 0 Å².